The second-order valence-corrected chi connectivity index (χ2v) is 14.4. The zero-order valence-electron chi connectivity index (χ0n) is 28.4. The fourth-order valence-electron chi connectivity index (χ4n) is 5.97. The first-order chi connectivity index (χ1) is 23.4. The summed E-state index contributed by atoms with van der Waals surface area (Å²) in [6, 6.07) is 13.5. The van der Waals surface area contributed by atoms with E-state index in [0.717, 1.165) is 52.9 Å². The number of rotatable bonds is 16. The number of benzene rings is 3. The Bertz CT molecular complexity index is 1700. The molecule has 3 atom stereocenters. The van der Waals surface area contributed by atoms with Crippen molar-refractivity contribution in [3.63, 3.8) is 0 Å². The van der Waals surface area contributed by atoms with Crippen molar-refractivity contribution in [3.05, 3.63) is 100 Å². The van der Waals surface area contributed by atoms with Gasteiger partial charge in [0, 0.05) is 57.5 Å². The van der Waals surface area contributed by atoms with Gasteiger partial charge in [-0.3, -0.25) is 9.59 Å². The number of nitrogens with one attached hydrogen (secondary N) is 2. The number of ether oxygens (including phenoxy) is 1. The van der Waals surface area contributed by atoms with Gasteiger partial charge < -0.3 is 25.4 Å². The highest BCUT2D eigenvalue weighted by Crippen LogP contribution is 2.25. The number of likely N-dealkylation sites (tertiary alicyclic amines) is 1. The van der Waals surface area contributed by atoms with Crippen LogP contribution in [-0.2, 0) is 34.1 Å². The van der Waals surface area contributed by atoms with Crippen molar-refractivity contribution in [1.29, 1.82) is 0 Å². The SMILES string of the molecule is CCc1cccc(CNC[C@H](O)[C@H](Cc2cc(F)cc(F)c2)NC(=O)c2cc(C(=O)N3CCC[C@H]3COC)cc(S(=O)(=O)N(C)CC)c2)c1. The average Bonchev–Trinajstić information content (AvgIpc) is 3.54. The van der Waals surface area contributed by atoms with Crippen molar-refractivity contribution in [1.82, 2.24) is 19.8 Å². The van der Waals surface area contributed by atoms with Crippen LogP contribution in [0.1, 0.15) is 64.1 Å². The molecule has 49 heavy (non-hydrogen) atoms. The molecule has 13 heteroatoms. The first-order valence-electron chi connectivity index (χ1n) is 16.5. The zero-order valence-corrected chi connectivity index (χ0v) is 29.2. The number of amides is 2. The number of hydrogen-bond acceptors (Lipinski definition) is 7. The van der Waals surface area contributed by atoms with Gasteiger partial charge in [-0.15, -0.1) is 0 Å². The molecule has 266 valence electrons. The van der Waals surface area contributed by atoms with Crippen LogP contribution in [-0.4, -0.2) is 93.1 Å². The Kier molecular flexibility index (Phi) is 13.4. The summed E-state index contributed by atoms with van der Waals surface area (Å²) in [5.41, 5.74) is 2.25. The third kappa shape index (κ3) is 9.92. The van der Waals surface area contributed by atoms with Gasteiger partial charge >= 0.3 is 0 Å². The van der Waals surface area contributed by atoms with Crippen molar-refractivity contribution in [2.75, 3.05) is 40.4 Å². The molecule has 1 aliphatic heterocycles. The molecule has 0 aromatic heterocycles. The fourth-order valence-corrected chi connectivity index (χ4v) is 7.22. The van der Waals surface area contributed by atoms with Crippen LogP contribution in [0.15, 0.2) is 65.6 Å². The number of methoxy groups -OCH3 is 1. The molecule has 2 amide bonds. The maximum absolute atomic E-state index is 14.1. The molecule has 3 aromatic rings. The lowest BCUT2D eigenvalue weighted by atomic mass is 9.99. The first kappa shape index (κ1) is 38.1. The molecule has 1 saturated heterocycles. The van der Waals surface area contributed by atoms with Gasteiger partial charge in [0.25, 0.3) is 11.8 Å². The summed E-state index contributed by atoms with van der Waals surface area (Å²) >= 11 is 0. The van der Waals surface area contributed by atoms with Crippen molar-refractivity contribution >= 4 is 21.8 Å². The van der Waals surface area contributed by atoms with E-state index in [-0.39, 0.29) is 47.1 Å². The molecule has 4 rings (SSSR count). The highest BCUT2D eigenvalue weighted by atomic mass is 32.2. The molecule has 0 saturated carbocycles. The van der Waals surface area contributed by atoms with Crippen molar-refractivity contribution in [2.45, 2.75) is 69.2 Å². The van der Waals surface area contributed by atoms with E-state index in [0.29, 0.717) is 19.7 Å². The maximum atomic E-state index is 14.1. The van der Waals surface area contributed by atoms with Crippen molar-refractivity contribution < 1.29 is 36.6 Å². The Balaban J connectivity index is 1.65. The van der Waals surface area contributed by atoms with Gasteiger partial charge in [0.15, 0.2) is 0 Å². The Hall–Kier alpha value is -3.75. The van der Waals surface area contributed by atoms with Crippen LogP contribution in [0.3, 0.4) is 0 Å². The minimum Gasteiger partial charge on any atom is -0.390 e. The molecular formula is C36H46F2N4O6S. The number of halogens is 2. The molecule has 1 aliphatic rings. The number of sulfonamides is 1. The smallest absolute Gasteiger partial charge is 0.254 e. The lowest BCUT2D eigenvalue weighted by Gasteiger charge is -2.26. The second-order valence-electron chi connectivity index (χ2n) is 12.3. The monoisotopic (exact) mass is 700 g/mol. The molecular weight excluding hydrogens is 654 g/mol. The van der Waals surface area contributed by atoms with E-state index < -0.39 is 45.6 Å². The number of carbonyl (C=O) groups excluding carboxylic acids is 2. The summed E-state index contributed by atoms with van der Waals surface area (Å²) < 4.78 is 61.5. The van der Waals surface area contributed by atoms with Gasteiger partial charge in [-0.2, -0.15) is 0 Å². The number of aryl methyl sites for hydroxylation is 1. The summed E-state index contributed by atoms with van der Waals surface area (Å²) in [5.74, 6) is -2.82. The quantitative estimate of drug-likeness (QED) is 0.207. The van der Waals surface area contributed by atoms with Crippen LogP contribution in [0.5, 0.6) is 0 Å². The van der Waals surface area contributed by atoms with Gasteiger partial charge in [-0.1, -0.05) is 38.1 Å². The molecule has 0 radical (unpaired) electrons. The van der Waals surface area contributed by atoms with Crippen LogP contribution in [0, 0.1) is 11.6 Å². The van der Waals surface area contributed by atoms with Crippen LogP contribution >= 0.6 is 0 Å². The number of nitrogens with zero attached hydrogens (tertiary/aromatic N) is 2. The molecule has 0 aliphatic carbocycles. The fraction of sp³-hybridized carbons (Fsp3) is 0.444. The molecule has 0 bridgehead atoms. The summed E-state index contributed by atoms with van der Waals surface area (Å²) in [6.45, 7) is 5.08. The normalized spacial score (nSPS) is 16.2. The highest BCUT2D eigenvalue weighted by Gasteiger charge is 2.32. The van der Waals surface area contributed by atoms with Gasteiger partial charge in [-0.05, 0) is 72.7 Å². The minimum absolute atomic E-state index is 0.0130. The zero-order chi connectivity index (χ0) is 35.7. The van der Waals surface area contributed by atoms with Crippen LogP contribution in [0.4, 0.5) is 8.78 Å². The lowest BCUT2D eigenvalue weighted by Crippen LogP contribution is -2.48. The molecule has 1 fully saturated rings. The Labute approximate surface area is 287 Å². The van der Waals surface area contributed by atoms with Gasteiger partial charge in [0.05, 0.1) is 29.7 Å². The molecule has 1 heterocycles. The summed E-state index contributed by atoms with van der Waals surface area (Å²) in [6.07, 6.45) is 0.987. The predicted molar refractivity (Wildman–Crippen MR) is 183 cm³/mol. The average molecular weight is 701 g/mol. The number of aliphatic hydroxyl groups excluding tert-OH is 1. The van der Waals surface area contributed by atoms with Crippen molar-refractivity contribution in [3.8, 4) is 0 Å². The molecule has 3 aromatic carbocycles. The largest absolute Gasteiger partial charge is 0.390 e. The van der Waals surface area contributed by atoms with E-state index in [4.69, 9.17) is 4.74 Å². The standard InChI is InChI=1S/C36H46F2N4O6S/c1-5-24-9-7-10-25(13-24)21-39-22-34(43)33(16-26-14-29(37)20-30(38)15-26)40-35(44)27-17-28(19-32(18-27)49(46,47)41(3)6-2)36(45)42-12-8-11-31(42)23-48-4/h7,9-10,13-15,17-20,31,33-34,39,43H,5-6,8,11-12,16,21-23H2,1-4H3,(H,40,44)/t31-,33-,34-/m0/s1. The minimum atomic E-state index is -4.08. The summed E-state index contributed by atoms with van der Waals surface area (Å²) in [7, 11) is -1.14. The Morgan fingerprint density at radius 3 is 2.39 bits per heavy atom. The van der Waals surface area contributed by atoms with Crippen LogP contribution < -0.4 is 10.6 Å². The third-order valence-electron chi connectivity index (χ3n) is 8.81. The van der Waals surface area contributed by atoms with Crippen molar-refractivity contribution in [2.24, 2.45) is 0 Å². The van der Waals surface area contributed by atoms with E-state index >= 15 is 0 Å². The van der Waals surface area contributed by atoms with Crippen LogP contribution in [0.25, 0.3) is 0 Å². The van der Waals surface area contributed by atoms with E-state index in [1.807, 2.05) is 24.3 Å². The van der Waals surface area contributed by atoms with E-state index in [1.54, 1.807) is 18.9 Å². The topological polar surface area (TPSA) is 128 Å². The first-order valence-corrected chi connectivity index (χ1v) is 17.9. The maximum Gasteiger partial charge on any atom is 0.254 e. The third-order valence-corrected chi connectivity index (χ3v) is 10.7. The Morgan fingerprint density at radius 1 is 1.02 bits per heavy atom. The van der Waals surface area contributed by atoms with E-state index in [2.05, 4.69) is 17.6 Å². The van der Waals surface area contributed by atoms with E-state index in [1.165, 1.54) is 25.2 Å². The predicted octanol–water partition coefficient (Wildman–Crippen LogP) is 3.91. The number of carbonyl (C=O) groups is 2. The molecule has 3 N–H and O–H groups in total. The van der Waals surface area contributed by atoms with Gasteiger partial charge in [-0.25, -0.2) is 21.5 Å². The van der Waals surface area contributed by atoms with Crippen LogP contribution in [0.2, 0.25) is 0 Å². The molecule has 0 unspecified atom stereocenters. The molecule has 10 nitrogen and oxygen atoms in total. The molecule has 0 spiro atoms. The highest BCUT2D eigenvalue weighted by molar-refractivity contribution is 7.89. The number of hydrogen-bond donors (Lipinski definition) is 3. The Morgan fingerprint density at radius 2 is 1.71 bits per heavy atom. The van der Waals surface area contributed by atoms with E-state index in [9.17, 15) is 31.9 Å². The van der Waals surface area contributed by atoms with Gasteiger partial charge in [0.2, 0.25) is 10.0 Å². The lowest BCUT2D eigenvalue weighted by molar-refractivity contribution is 0.0630. The summed E-state index contributed by atoms with van der Waals surface area (Å²) in [5, 5.41) is 17.2. The second kappa shape index (κ2) is 17.3. The van der Waals surface area contributed by atoms with Gasteiger partial charge in [0.1, 0.15) is 11.6 Å². The summed E-state index contributed by atoms with van der Waals surface area (Å²) in [4.78, 5) is 29.0. The number of aliphatic hydroxyl groups is 1.